The summed E-state index contributed by atoms with van der Waals surface area (Å²) in [5, 5.41) is 0. The number of hydrogen-bond acceptors (Lipinski definition) is 0. The average Bonchev–Trinajstić information content (AvgIpc) is 1.88. The highest BCUT2D eigenvalue weighted by Gasteiger charge is 2.08. The molecular formula is C8H12Cl2Si. The van der Waals surface area contributed by atoms with Gasteiger partial charge in [-0.05, 0) is 13.1 Å². The fourth-order valence-electron chi connectivity index (χ4n) is 0.385. The molecular weight excluding hydrogens is 195 g/mol. The molecule has 0 aromatic heterocycles. The van der Waals surface area contributed by atoms with E-state index < -0.39 is 6.69 Å². The van der Waals surface area contributed by atoms with E-state index in [1.165, 1.54) is 0 Å². The van der Waals surface area contributed by atoms with Gasteiger partial charge in [0, 0.05) is 0 Å². The van der Waals surface area contributed by atoms with Gasteiger partial charge < -0.3 is 0 Å². The molecule has 0 fully saturated rings. The van der Waals surface area contributed by atoms with Crippen molar-refractivity contribution in [2.24, 2.45) is 0 Å². The standard InChI is InChI=1S/C6H6.C2H6Cl2Si/c1-2-4-6-5-3-1;1-5(2,3)4/h1-6H;1-2H3. The van der Waals surface area contributed by atoms with Crippen molar-refractivity contribution in [1.29, 1.82) is 0 Å². The Labute approximate surface area is 78.6 Å². The van der Waals surface area contributed by atoms with Gasteiger partial charge in [0.05, 0.1) is 0 Å². The molecule has 0 aliphatic carbocycles. The first-order valence-corrected chi connectivity index (χ1v) is 8.40. The normalized spacial score (nSPS) is 9.82. The molecule has 0 heterocycles. The highest BCUT2D eigenvalue weighted by Crippen LogP contribution is 2.10. The van der Waals surface area contributed by atoms with E-state index in [9.17, 15) is 0 Å². The Balaban J connectivity index is 0.000000187. The third-order valence-corrected chi connectivity index (χ3v) is 0.667. The summed E-state index contributed by atoms with van der Waals surface area (Å²) in [5.74, 6) is 0. The predicted molar refractivity (Wildman–Crippen MR) is 55.6 cm³/mol. The molecule has 0 radical (unpaired) electrons. The largest absolute Gasteiger partial charge is 0.245 e. The van der Waals surface area contributed by atoms with E-state index in [1.54, 1.807) is 0 Å². The van der Waals surface area contributed by atoms with Crippen LogP contribution in [0.5, 0.6) is 0 Å². The predicted octanol–water partition coefficient (Wildman–Crippen LogP) is 3.85. The molecule has 0 aliphatic heterocycles. The summed E-state index contributed by atoms with van der Waals surface area (Å²) in [7, 11) is 0. The highest BCUT2D eigenvalue weighted by atomic mass is 35.7. The van der Waals surface area contributed by atoms with E-state index in [0.29, 0.717) is 0 Å². The Kier molecular flexibility index (Phi) is 5.65. The fraction of sp³-hybridized carbons (Fsp3) is 0.250. The quantitative estimate of drug-likeness (QED) is 0.447. The van der Waals surface area contributed by atoms with Crippen molar-refractivity contribution in [3.63, 3.8) is 0 Å². The molecule has 1 aromatic carbocycles. The monoisotopic (exact) mass is 206 g/mol. The van der Waals surface area contributed by atoms with E-state index in [2.05, 4.69) is 0 Å². The maximum Gasteiger partial charge on any atom is 0.245 e. The minimum absolute atomic E-state index is 1.67. The van der Waals surface area contributed by atoms with Gasteiger partial charge in [-0.25, -0.2) is 0 Å². The molecule has 0 N–H and O–H groups in total. The molecule has 3 heteroatoms. The van der Waals surface area contributed by atoms with E-state index in [-0.39, 0.29) is 0 Å². The molecule has 0 saturated carbocycles. The summed E-state index contributed by atoms with van der Waals surface area (Å²) in [6.45, 7) is 2.05. The summed E-state index contributed by atoms with van der Waals surface area (Å²) in [6, 6.07) is 12.0. The topological polar surface area (TPSA) is 0 Å². The van der Waals surface area contributed by atoms with Gasteiger partial charge in [0.1, 0.15) is 0 Å². The zero-order chi connectivity index (χ0) is 8.74. The van der Waals surface area contributed by atoms with Gasteiger partial charge in [-0.15, -0.1) is 22.2 Å². The van der Waals surface area contributed by atoms with Crippen molar-refractivity contribution >= 4 is 28.9 Å². The van der Waals surface area contributed by atoms with Crippen molar-refractivity contribution in [3.05, 3.63) is 36.4 Å². The van der Waals surface area contributed by atoms with Crippen LogP contribution in [0.25, 0.3) is 0 Å². The maximum atomic E-state index is 5.43. The summed E-state index contributed by atoms with van der Waals surface area (Å²) in [6.07, 6.45) is 0. The molecule has 0 aliphatic rings. The smallest absolute Gasteiger partial charge is 0.146 e. The lowest BCUT2D eigenvalue weighted by Crippen LogP contribution is -2.02. The number of rotatable bonds is 0. The third-order valence-electron chi connectivity index (χ3n) is 0.667. The van der Waals surface area contributed by atoms with Crippen LogP contribution in [0.4, 0.5) is 0 Å². The third kappa shape index (κ3) is 17.8. The lowest BCUT2D eigenvalue weighted by molar-refractivity contribution is 1.72. The molecule has 0 saturated heterocycles. The van der Waals surface area contributed by atoms with E-state index in [1.807, 2.05) is 49.5 Å². The fourth-order valence-corrected chi connectivity index (χ4v) is 0.385. The Bertz CT molecular complexity index is 136. The van der Waals surface area contributed by atoms with Crippen LogP contribution in [-0.2, 0) is 0 Å². The first-order chi connectivity index (χ1) is 5.00. The second-order valence-electron chi connectivity index (χ2n) is 2.48. The lowest BCUT2D eigenvalue weighted by atomic mass is 10.4. The molecule has 0 spiro atoms. The van der Waals surface area contributed by atoms with Gasteiger partial charge in [0.25, 0.3) is 0 Å². The van der Waals surface area contributed by atoms with Gasteiger partial charge >= 0.3 is 0 Å². The highest BCUT2D eigenvalue weighted by molar-refractivity contribution is 7.44. The zero-order valence-corrected chi connectivity index (χ0v) is 9.23. The number of hydrogen-bond donors (Lipinski definition) is 0. The number of benzene rings is 1. The van der Waals surface area contributed by atoms with Crippen LogP contribution < -0.4 is 0 Å². The lowest BCUT2D eigenvalue weighted by Gasteiger charge is -1.93. The van der Waals surface area contributed by atoms with Crippen molar-refractivity contribution in [2.75, 3.05) is 0 Å². The minimum atomic E-state index is -1.67. The van der Waals surface area contributed by atoms with Gasteiger partial charge in [0.2, 0.25) is 6.69 Å². The van der Waals surface area contributed by atoms with Crippen LogP contribution in [0.15, 0.2) is 36.4 Å². The van der Waals surface area contributed by atoms with Crippen molar-refractivity contribution in [3.8, 4) is 0 Å². The average molecular weight is 207 g/mol. The molecule has 0 bridgehead atoms. The van der Waals surface area contributed by atoms with Crippen LogP contribution in [0.1, 0.15) is 0 Å². The second-order valence-corrected chi connectivity index (χ2v) is 11.4. The van der Waals surface area contributed by atoms with Crippen LogP contribution in [0.2, 0.25) is 13.1 Å². The Morgan fingerprint density at radius 3 is 0.909 bits per heavy atom. The van der Waals surface area contributed by atoms with E-state index in [4.69, 9.17) is 22.2 Å². The maximum absolute atomic E-state index is 5.43. The van der Waals surface area contributed by atoms with E-state index in [0.717, 1.165) is 0 Å². The molecule has 0 amide bonds. The molecule has 0 atom stereocenters. The molecule has 1 rings (SSSR count). The zero-order valence-electron chi connectivity index (χ0n) is 6.72. The van der Waals surface area contributed by atoms with Gasteiger partial charge in [-0.2, -0.15) is 0 Å². The van der Waals surface area contributed by atoms with Crippen LogP contribution in [0, 0.1) is 0 Å². The first kappa shape index (κ1) is 11.0. The first-order valence-electron chi connectivity index (χ1n) is 3.38. The Hall–Kier alpha value is 0.0169. The minimum Gasteiger partial charge on any atom is -0.146 e. The van der Waals surface area contributed by atoms with Crippen molar-refractivity contribution in [1.82, 2.24) is 0 Å². The van der Waals surface area contributed by atoms with Gasteiger partial charge in [-0.3, -0.25) is 0 Å². The van der Waals surface area contributed by atoms with Crippen molar-refractivity contribution < 1.29 is 0 Å². The van der Waals surface area contributed by atoms with E-state index >= 15 is 0 Å². The Morgan fingerprint density at radius 2 is 0.818 bits per heavy atom. The van der Waals surface area contributed by atoms with Gasteiger partial charge in [0.15, 0.2) is 0 Å². The second kappa shape index (κ2) is 5.64. The molecule has 1 aromatic rings. The molecule has 62 valence electrons. The summed E-state index contributed by atoms with van der Waals surface area (Å²) >= 11 is 10.9. The van der Waals surface area contributed by atoms with Crippen LogP contribution in [-0.4, -0.2) is 6.69 Å². The molecule has 0 nitrogen and oxygen atoms in total. The molecule has 11 heavy (non-hydrogen) atoms. The summed E-state index contributed by atoms with van der Waals surface area (Å²) < 4.78 is 0. The number of halogens is 2. The summed E-state index contributed by atoms with van der Waals surface area (Å²) in [5.41, 5.74) is 0. The van der Waals surface area contributed by atoms with Gasteiger partial charge in [-0.1, -0.05) is 36.4 Å². The SMILES string of the molecule is C[Si](C)(Cl)Cl.c1ccccc1. The van der Waals surface area contributed by atoms with Crippen LogP contribution >= 0.6 is 22.2 Å². The molecule has 0 unspecified atom stereocenters. The van der Waals surface area contributed by atoms with Crippen LogP contribution in [0.3, 0.4) is 0 Å². The van der Waals surface area contributed by atoms with Crippen molar-refractivity contribution in [2.45, 2.75) is 13.1 Å². The summed E-state index contributed by atoms with van der Waals surface area (Å²) in [4.78, 5) is 0. The Morgan fingerprint density at radius 1 is 0.727 bits per heavy atom.